The van der Waals surface area contributed by atoms with Crippen LogP contribution in [0.1, 0.15) is 16.1 Å². The number of aromatic nitrogens is 1. The fourth-order valence-electron chi connectivity index (χ4n) is 0.776. The summed E-state index contributed by atoms with van der Waals surface area (Å²) in [7, 11) is 0. The second-order valence-corrected chi connectivity index (χ2v) is 3.58. The normalized spacial score (nSPS) is 9.83. The van der Waals surface area contributed by atoms with Gasteiger partial charge < -0.3 is 5.11 Å². The van der Waals surface area contributed by atoms with Crippen LogP contribution in [0.2, 0.25) is 0 Å². The lowest BCUT2D eigenvalue weighted by Crippen LogP contribution is -2.04. The summed E-state index contributed by atoms with van der Waals surface area (Å²) in [4.78, 5) is 14.4. The molecule has 0 aliphatic rings. The SMILES string of the molecule is O=C(O)c1ncc(Br)cc1CBr. The predicted octanol–water partition coefficient (Wildman–Crippen LogP) is 2.44. The number of alkyl halides is 1. The number of carboxylic acid groups (broad SMARTS) is 1. The van der Waals surface area contributed by atoms with Crippen molar-refractivity contribution in [2.24, 2.45) is 0 Å². The smallest absolute Gasteiger partial charge is 0.354 e. The van der Waals surface area contributed by atoms with Crippen molar-refractivity contribution in [1.82, 2.24) is 4.98 Å². The zero-order chi connectivity index (χ0) is 9.14. The summed E-state index contributed by atoms with van der Waals surface area (Å²) in [6.07, 6.45) is 1.47. The van der Waals surface area contributed by atoms with Crippen LogP contribution in [0.3, 0.4) is 0 Å². The van der Waals surface area contributed by atoms with E-state index >= 15 is 0 Å². The molecule has 0 aromatic carbocycles. The molecule has 5 heteroatoms. The first-order valence-corrected chi connectivity index (χ1v) is 5.00. The van der Waals surface area contributed by atoms with Crippen molar-refractivity contribution in [2.45, 2.75) is 5.33 Å². The number of pyridine rings is 1. The lowest BCUT2D eigenvalue weighted by molar-refractivity contribution is 0.0689. The molecule has 0 amide bonds. The summed E-state index contributed by atoms with van der Waals surface area (Å²) in [5.74, 6) is -1.00. The lowest BCUT2D eigenvalue weighted by atomic mass is 10.2. The molecular formula is C7H5Br2NO2. The van der Waals surface area contributed by atoms with Gasteiger partial charge in [0, 0.05) is 16.0 Å². The molecule has 0 fully saturated rings. The van der Waals surface area contributed by atoms with Crippen LogP contribution in [0.5, 0.6) is 0 Å². The molecule has 0 atom stereocenters. The summed E-state index contributed by atoms with van der Waals surface area (Å²) in [6, 6.07) is 1.73. The zero-order valence-electron chi connectivity index (χ0n) is 5.92. The average molecular weight is 295 g/mol. The van der Waals surface area contributed by atoms with E-state index in [0.717, 1.165) is 4.47 Å². The van der Waals surface area contributed by atoms with Gasteiger partial charge in [0.05, 0.1) is 0 Å². The van der Waals surface area contributed by atoms with E-state index in [9.17, 15) is 4.79 Å². The van der Waals surface area contributed by atoms with Crippen LogP contribution in [-0.2, 0) is 5.33 Å². The van der Waals surface area contributed by atoms with E-state index in [4.69, 9.17) is 5.11 Å². The molecule has 0 aliphatic heterocycles. The number of carbonyl (C=O) groups is 1. The Balaban J connectivity index is 3.20. The largest absolute Gasteiger partial charge is 0.477 e. The Morgan fingerprint density at radius 2 is 2.33 bits per heavy atom. The van der Waals surface area contributed by atoms with Gasteiger partial charge in [-0.25, -0.2) is 9.78 Å². The van der Waals surface area contributed by atoms with Crippen molar-refractivity contribution >= 4 is 37.8 Å². The van der Waals surface area contributed by atoms with Crippen molar-refractivity contribution in [1.29, 1.82) is 0 Å². The van der Waals surface area contributed by atoms with Gasteiger partial charge in [0.2, 0.25) is 0 Å². The number of hydrogen-bond donors (Lipinski definition) is 1. The Labute approximate surface area is 86.1 Å². The molecule has 1 N–H and O–H groups in total. The third-order valence-electron chi connectivity index (χ3n) is 1.28. The van der Waals surface area contributed by atoms with Crippen molar-refractivity contribution in [3.63, 3.8) is 0 Å². The second-order valence-electron chi connectivity index (χ2n) is 2.10. The molecule has 64 valence electrons. The molecule has 12 heavy (non-hydrogen) atoms. The highest BCUT2D eigenvalue weighted by atomic mass is 79.9. The summed E-state index contributed by atoms with van der Waals surface area (Å²) in [5.41, 5.74) is 0.756. The monoisotopic (exact) mass is 293 g/mol. The van der Waals surface area contributed by atoms with Gasteiger partial charge in [0.25, 0.3) is 0 Å². The number of aromatic carboxylic acids is 1. The van der Waals surface area contributed by atoms with Crippen LogP contribution >= 0.6 is 31.9 Å². The van der Waals surface area contributed by atoms with Crippen LogP contribution in [0.4, 0.5) is 0 Å². The van der Waals surface area contributed by atoms with E-state index in [1.54, 1.807) is 6.07 Å². The number of carboxylic acids is 1. The summed E-state index contributed by atoms with van der Waals surface area (Å²) in [6.45, 7) is 0. The van der Waals surface area contributed by atoms with Gasteiger partial charge in [-0.15, -0.1) is 0 Å². The molecule has 0 saturated heterocycles. The molecule has 0 spiro atoms. The van der Waals surface area contributed by atoms with Crippen LogP contribution in [0, 0.1) is 0 Å². The number of rotatable bonds is 2. The van der Waals surface area contributed by atoms with Crippen molar-refractivity contribution in [3.8, 4) is 0 Å². The molecule has 0 aliphatic carbocycles. The van der Waals surface area contributed by atoms with E-state index in [0.29, 0.717) is 10.9 Å². The van der Waals surface area contributed by atoms with Crippen molar-refractivity contribution in [2.75, 3.05) is 0 Å². The third-order valence-corrected chi connectivity index (χ3v) is 2.32. The van der Waals surface area contributed by atoms with E-state index in [1.165, 1.54) is 6.20 Å². The van der Waals surface area contributed by atoms with Gasteiger partial charge in [-0.05, 0) is 27.6 Å². The van der Waals surface area contributed by atoms with Crippen LogP contribution in [0.15, 0.2) is 16.7 Å². The van der Waals surface area contributed by atoms with Gasteiger partial charge in [0.1, 0.15) is 0 Å². The van der Waals surface area contributed by atoms with Crippen molar-refractivity contribution < 1.29 is 9.90 Å². The fourth-order valence-corrected chi connectivity index (χ4v) is 1.58. The van der Waals surface area contributed by atoms with E-state index in [1.807, 2.05) is 0 Å². The zero-order valence-corrected chi connectivity index (χ0v) is 9.09. The molecule has 0 bridgehead atoms. The Morgan fingerprint density at radius 1 is 1.67 bits per heavy atom. The first-order chi connectivity index (χ1) is 5.65. The van der Waals surface area contributed by atoms with Crippen LogP contribution in [-0.4, -0.2) is 16.1 Å². The Hall–Kier alpha value is -0.420. The number of halogens is 2. The summed E-state index contributed by atoms with van der Waals surface area (Å²) >= 11 is 6.40. The van der Waals surface area contributed by atoms with E-state index in [-0.39, 0.29) is 5.69 Å². The maximum Gasteiger partial charge on any atom is 0.354 e. The molecule has 0 saturated carbocycles. The van der Waals surface area contributed by atoms with Gasteiger partial charge in [-0.1, -0.05) is 15.9 Å². The molecular weight excluding hydrogens is 290 g/mol. The van der Waals surface area contributed by atoms with E-state index in [2.05, 4.69) is 36.8 Å². The topological polar surface area (TPSA) is 50.2 Å². The molecule has 0 unspecified atom stereocenters. The molecule has 0 radical (unpaired) electrons. The molecule has 1 aromatic heterocycles. The van der Waals surface area contributed by atoms with Crippen molar-refractivity contribution in [3.05, 3.63) is 28.0 Å². The average Bonchev–Trinajstić information content (AvgIpc) is 2.03. The standard InChI is InChI=1S/C7H5Br2NO2/c8-2-4-1-5(9)3-10-6(4)7(11)12/h1,3H,2H2,(H,11,12). The first-order valence-electron chi connectivity index (χ1n) is 3.09. The van der Waals surface area contributed by atoms with Crippen LogP contribution in [0.25, 0.3) is 0 Å². The highest BCUT2D eigenvalue weighted by molar-refractivity contribution is 9.10. The van der Waals surface area contributed by atoms with Gasteiger partial charge in [0.15, 0.2) is 5.69 Å². The molecule has 1 heterocycles. The Kier molecular flexibility index (Phi) is 3.22. The molecule has 1 rings (SSSR count). The summed E-state index contributed by atoms with van der Waals surface area (Å²) in [5, 5.41) is 9.18. The minimum atomic E-state index is -1.00. The second kappa shape index (κ2) is 4.00. The molecule has 1 aromatic rings. The van der Waals surface area contributed by atoms with Gasteiger partial charge in [-0.2, -0.15) is 0 Å². The molecule has 3 nitrogen and oxygen atoms in total. The highest BCUT2D eigenvalue weighted by Gasteiger charge is 2.10. The maximum atomic E-state index is 10.6. The number of nitrogens with zero attached hydrogens (tertiary/aromatic N) is 1. The summed E-state index contributed by atoms with van der Waals surface area (Å²) < 4.78 is 0.780. The quantitative estimate of drug-likeness (QED) is 0.853. The third kappa shape index (κ3) is 2.04. The minimum Gasteiger partial charge on any atom is -0.477 e. The predicted molar refractivity (Wildman–Crippen MR) is 51.5 cm³/mol. The first kappa shape index (κ1) is 9.67. The minimum absolute atomic E-state index is 0.0927. The highest BCUT2D eigenvalue weighted by Crippen LogP contribution is 2.16. The fraction of sp³-hybridized carbons (Fsp3) is 0.143. The lowest BCUT2D eigenvalue weighted by Gasteiger charge is -2.00. The maximum absolute atomic E-state index is 10.6. The Morgan fingerprint density at radius 3 is 2.83 bits per heavy atom. The number of hydrogen-bond acceptors (Lipinski definition) is 2. The van der Waals surface area contributed by atoms with Crippen LogP contribution < -0.4 is 0 Å². The van der Waals surface area contributed by atoms with Gasteiger partial charge in [-0.3, -0.25) is 0 Å². The Bertz CT molecular complexity index is 314. The van der Waals surface area contributed by atoms with E-state index < -0.39 is 5.97 Å². The van der Waals surface area contributed by atoms with Gasteiger partial charge >= 0.3 is 5.97 Å².